The fourth-order valence-electron chi connectivity index (χ4n) is 3.47. The zero-order chi connectivity index (χ0) is 20.9. The third-order valence-electron chi connectivity index (χ3n) is 5.13. The van der Waals surface area contributed by atoms with Crippen molar-refractivity contribution < 1.29 is 9.32 Å². The summed E-state index contributed by atoms with van der Waals surface area (Å²) in [5.41, 5.74) is 2.62. The lowest BCUT2D eigenvalue weighted by molar-refractivity contribution is 0.0947. The van der Waals surface area contributed by atoms with Crippen LogP contribution in [-0.4, -0.2) is 11.1 Å². The zero-order valence-corrected chi connectivity index (χ0v) is 17.8. The molecular formula is C24H20Cl2N2O2. The van der Waals surface area contributed by atoms with Gasteiger partial charge in [0.2, 0.25) is 0 Å². The molecule has 1 N–H and O–H groups in total. The van der Waals surface area contributed by atoms with Crippen molar-refractivity contribution in [2.75, 3.05) is 0 Å². The minimum atomic E-state index is -0.247. The highest BCUT2D eigenvalue weighted by molar-refractivity contribution is 6.33. The summed E-state index contributed by atoms with van der Waals surface area (Å²) in [5, 5.41) is 7.92. The molecular weight excluding hydrogens is 419 g/mol. The number of nitrogens with one attached hydrogen (secondary N) is 1. The van der Waals surface area contributed by atoms with Crippen LogP contribution in [0.5, 0.6) is 0 Å². The molecule has 2 aromatic carbocycles. The number of benzene rings is 2. The number of hydrogen-bond acceptors (Lipinski definition) is 3. The van der Waals surface area contributed by atoms with E-state index in [-0.39, 0.29) is 12.5 Å². The third kappa shape index (κ3) is 4.87. The van der Waals surface area contributed by atoms with Gasteiger partial charge < -0.3 is 9.84 Å². The summed E-state index contributed by atoms with van der Waals surface area (Å²) in [6.45, 7) is 0.205. The highest BCUT2D eigenvalue weighted by Gasteiger charge is 2.13. The van der Waals surface area contributed by atoms with Gasteiger partial charge in [-0.3, -0.25) is 4.79 Å². The first kappa shape index (κ1) is 20.5. The van der Waals surface area contributed by atoms with Crippen LogP contribution in [0.25, 0.3) is 11.3 Å². The number of aromatic nitrogens is 1. The van der Waals surface area contributed by atoms with E-state index in [1.165, 1.54) is 12.8 Å². The lowest BCUT2D eigenvalue weighted by Gasteiger charge is -2.05. The second-order valence-corrected chi connectivity index (χ2v) is 8.10. The molecule has 0 saturated heterocycles. The van der Waals surface area contributed by atoms with Crippen molar-refractivity contribution >= 4 is 29.1 Å². The van der Waals surface area contributed by atoms with E-state index in [0.717, 1.165) is 24.0 Å². The van der Waals surface area contributed by atoms with Crippen LogP contribution in [0.15, 0.2) is 53.1 Å². The third-order valence-corrected chi connectivity index (χ3v) is 5.77. The molecule has 1 aromatic heterocycles. The molecule has 1 heterocycles. The van der Waals surface area contributed by atoms with Crippen molar-refractivity contribution in [3.8, 4) is 23.1 Å². The molecule has 1 aliphatic rings. The first-order chi connectivity index (χ1) is 14.6. The second kappa shape index (κ2) is 9.38. The van der Waals surface area contributed by atoms with Gasteiger partial charge in [0.15, 0.2) is 5.76 Å². The van der Waals surface area contributed by atoms with E-state index in [1.807, 2.05) is 18.2 Å². The van der Waals surface area contributed by atoms with Crippen molar-refractivity contribution in [3.05, 3.63) is 75.5 Å². The van der Waals surface area contributed by atoms with Crippen LogP contribution in [0, 0.1) is 17.8 Å². The van der Waals surface area contributed by atoms with Gasteiger partial charge in [0, 0.05) is 28.7 Å². The smallest absolute Gasteiger partial charge is 0.251 e. The molecule has 0 aliphatic heterocycles. The van der Waals surface area contributed by atoms with E-state index >= 15 is 0 Å². The highest BCUT2D eigenvalue weighted by Crippen LogP contribution is 2.27. The van der Waals surface area contributed by atoms with Crippen molar-refractivity contribution in [2.24, 2.45) is 5.92 Å². The standard InChI is InChI=1S/C24H20Cl2N2O2/c25-21-8-4-3-7-20(21)23-14-19(30-28-23)15-27-24(29)18-12-11-17(22(26)13-18)10-9-16-5-1-2-6-16/h3-4,7-8,11-14,16H,1-2,5-6,15H2,(H,27,29). The lowest BCUT2D eigenvalue weighted by Crippen LogP contribution is -2.22. The Labute approximate surface area is 185 Å². The molecule has 3 aromatic rings. The Morgan fingerprint density at radius 1 is 1.10 bits per heavy atom. The Hall–Kier alpha value is -2.74. The molecule has 1 aliphatic carbocycles. The van der Waals surface area contributed by atoms with E-state index < -0.39 is 0 Å². The van der Waals surface area contributed by atoms with Crippen LogP contribution < -0.4 is 5.32 Å². The van der Waals surface area contributed by atoms with Crippen LogP contribution >= 0.6 is 23.2 Å². The van der Waals surface area contributed by atoms with Crippen molar-refractivity contribution in [1.29, 1.82) is 0 Å². The molecule has 0 spiro atoms. The normalized spacial score (nSPS) is 13.7. The largest absolute Gasteiger partial charge is 0.359 e. The number of amides is 1. The fourth-order valence-corrected chi connectivity index (χ4v) is 3.93. The topological polar surface area (TPSA) is 55.1 Å². The minimum absolute atomic E-state index is 0.205. The predicted octanol–water partition coefficient (Wildman–Crippen LogP) is 6.12. The van der Waals surface area contributed by atoms with Crippen LogP contribution in [0.1, 0.15) is 47.4 Å². The van der Waals surface area contributed by atoms with Gasteiger partial charge in [-0.05, 0) is 37.1 Å². The monoisotopic (exact) mass is 438 g/mol. The molecule has 30 heavy (non-hydrogen) atoms. The Balaban J connectivity index is 1.38. The van der Waals surface area contributed by atoms with E-state index in [2.05, 4.69) is 22.3 Å². The van der Waals surface area contributed by atoms with Gasteiger partial charge in [-0.25, -0.2) is 0 Å². The molecule has 0 bridgehead atoms. The van der Waals surface area contributed by atoms with Crippen molar-refractivity contribution in [1.82, 2.24) is 10.5 Å². The second-order valence-electron chi connectivity index (χ2n) is 7.29. The first-order valence-electron chi connectivity index (χ1n) is 9.90. The summed E-state index contributed by atoms with van der Waals surface area (Å²) < 4.78 is 5.32. The average Bonchev–Trinajstić information content (AvgIpc) is 3.43. The summed E-state index contributed by atoms with van der Waals surface area (Å²) in [7, 11) is 0. The molecule has 0 radical (unpaired) electrons. The maximum atomic E-state index is 12.5. The number of carbonyl (C=O) groups excluding carboxylic acids is 1. The van der Waals surface area contributed by atoms with Gasteiger partial charge in [-0.1, -0.05) is 71.2 Å². The van der Waals surface area contributed by atoms with Crippen molar-refractivity contribution in [2.45, 2.75) is 32.2 Å². The molecule has 6 heteroatoms. The SMILES string of the molecule is O=C(NCc1cc(-c2ccccc2Cl)no1)c1ccc(C#CC2CCCC2)c(Cl)c1. The van der Waals surface area contributed by atoms with Crippen LogP contribution in [-0.2, 0) is 6.54 Å². The molecule has 152 valence electrons. The van der Waals surface area contributed by atoms with Gasteiger partial charge in [-0.15, -0.1) is 0 Å². The molecule has 1 amide bonds. The quantitative estimate of drug-likeness (QED) is 0.499. The van der Waals surface area contributed by atoms with Gasteiger partial charge >= 0.3 is 0 Å². The van der Waals surface area contributed by atoms with Gasteiger partial charge in [0.1, 0.15) is 5.69 Å². The molecule has 1 saturated carbocycles. The summed E-state index contributed by atoms with van der Waals surface area (Å²) in [6.07, 6.45) is 4.81. The van der Waals surface area contributed by atoms with Gasteiger partial charge in [0.25, 0.3) is 5.91 Å². The molecule has 4 nitrogen and oxygen atoms in total. The number of nitrogens with zero attached hydrogens (tertiary/aromatic N) is 1. The lowest BCUT2D eigenvalue weighted by atomic mass is 10.1. The summed E-state index contributed by atoms with van der Waals surface area (Å²) >= 11 is 12.5. The van der Waals surface area contributed by atoms with Crippen LogP contribution in [0.2, 0.25) is 10.0 Å². The van der Waals surface area contributed by atoms with Gasteiger partial charge in [-0.2, -0.15) is 0 Å². The molecule has 4 rings (SSSR count). The Kier molecular flexibility index (Phi) is 6.42. The fraction of sp³-hybridized carbons (Fsp3) is 0.250. The Morgan fingerprint density at radius 2 is 1.90 bits per heavy atom. The van der Waals surface area contributed by atoms with E-state index in [4.69, 9.17) is 27.7 Å². The van der Waals surface area contributed by atoms with E-state index in [9.17, 15) is 4.79 Å². The maximum Gasteiger partial charge on any atom is 0.251 e. The number of carbonyl (C=O) groups is 1. The highest BCUT2D eigenvalue weighted by atomic mass is 35.5. The predicted molar refractivity (Wildman–Crippen MR) is 118 cm³/mol. The minimum Gasteiger partial charge on any atom is -0.359 e. The number of hydrogen-bond donors (Lipinski definition) is 1. The van der Waals surface area contributed by atoms with Crippen molar-refractivity contribution in [3.63, 3.8) is 0 Å². The maximum absolute atomic E-state index is 12.5. The molecule has 0 unspecified atom stereocenters. The Morgan fingerprint density at radius 3 is 2.67 bits per heavy atom. The first-order valence-corrected chi connectivity index (χ1v) is 10.7. The zero-order valence-electron chi connectivity index (χ0n) is 16.3. The average molecular weight is 439 g/mol. The Bertz CT molecular complexity index is 1120. The van der Waals surface area contributed by atoms with E-state index in [0.29, 0.717) is 33.0 Å². The number of rotatable bonds is 4. The van der Waals surface area contributed by atoms with Gasteiger partial charge in [0.05, 0.1) is 16.6 Å². The summed E-state index contributed by atoms with van der Waals surface area (Å²) in [4.78, 5) is 12.5. The van der Waals surface area contributed by atoms with Crippen LogP contribution in [0.3, 0.4) is 0 Å². The summed E-state index contributed by atoms with van der Waals surface area (Å²) in [5.74, 6) is 7.19. The van der Waals surface area contributed by atoms with Crippen LogP contribution in [0.4, 0.5) is 0 Å². The van der Waals surface area contributed by atoms with E-state index in [1.54, 1.807) is 30.3 Å². The molecule has 0 atom stereocenters. The summed E-state index contributed by atoms with van der Waals surface area (Å²) in [6, 6.07) is 14.3. The molecule has 1 fully saturated rings. The number of halogens is 2.